The Morgan fingerprint density at radius 2 is 1.57 bits per heavy atom. The van der Waals surface area contributed by atoms with Gasteiger partial charge >= 0.3 is 0 Å². The van der Waals surface area contributed by atoms with Crippen molar-refractivity contribution >= 4 is 22.8 Å². The van der Waals surface area contributed by atoms with Crippen molar-refractivity contribution in [3.63, 3.8) is 0 Å². The van der Waals surface area contributed by atoms with Gasteiger partial charge in [-0.3, -0.25) is 9.59 Å². The molecule has 4 rings (SSSR count). The van der Waals surface area contributed by atoms with Crippen molar-refractivity contribution in [1.29, 1.82) is 0 Å². The van der Waals surface area contributed by atoms with Crippen molar-refractivity contribution in [3.05, 3.63) is 83.7 Å². The minimum Gasteiger partial charge on any atom is -0.493 e. The maximum Gasteiger partial charge on any atom is 0.251 e. The molecule has 0 fully saturated rings. The van der Waals surface area contributed by atoms with Gasteiger partial charge in [0.05, 0.1) is 38.9 Å². The van der Waals surface area contributed by atoms with Crippen LogP contribution < -0.4 is 19.5 Å². The monoisotopic (exact) mass is 502 g/mol. The molecule has 192 valence electrons. The number of para-hydroxylation sites is 2. The lowest BCUT2D eigenvalue weighted by atomic mass is 10.1. The number of hydrogen-bond donors (Lipinski definition) is 1. The number of hydrogen-bond acceptors (Lipinski definition) is 6. The minimum absolute atomic E-state index is 0.0655. The molecule has 0 unspecified atom stereocenters. The first-order valence-corrected chi connectivity index (χ1v) is 11.8. The summed E-state index contributed by atoms with van der Waals surface area (Å²) in [5.41, 5.74) is 2.96. The van der Waals surface area contributed by atoms with Crippen LogP contribution in [-0.4, -0.2) is 54.6 Å². The van der Waals surface area contributed by atoms with Crippen LogP contribution >= 0.6 is 0 Å². The maximum absolute atomic E-state index is 13.1. The van der Waals surface area contributed by atoms with Crippen LogP contribution in [0.15, 0.2) is 66.7 Å². The van der Waals surface area contributed by atoms with Crippen molar-refractivity contribution in [3.8, 4) is 17.2 Å². The van der Waals surface area contributed by atoms with Crippen LogP contribution in [0.2, 0.25) is 0 Å². The zero-order valence-electron chi connectivity index (χ0n) is 21.4. The molecule has 3 aromatic carbocycles. The molecular formula is C28H30N4O5. The minimum atomic E-state index is -0.342. The Balaban J connectivity index is 1.54. The van der Waals surface area contributed by atoms with Crippen molar-refractivity contribution in [2.24, 2.45) is 0 Å². The van der Waals surface area contributed by atoms with E-state index in [9.17, 15) is 9.59 Å². The van der Waals surface area contributed by atoms with Crippen molar-refractivity contribution in [2.45, 2.75) is 19.6 Å². The Morgan fingerprint density at radius 1 is 0.919 bits per heavy atom. The van der Waals surface area contributed by atoms with Gasteiger partial charge in [0.1, 0.15) is 12.4 Å². The first-order valence-electron chi connectivity index (χ1n) is 11.8. The van der Waals surface area contributed by atoms with E-state index in [-0.39, 0.29) is 24.9 Å². The standard InChI is InChI=1S/C28H30N4O5/c1-31(17-19-10-6-5-7-11-19)26(33)18-32-22-13-9-8-12-21(22)30-25(32)16-29-28(34)20-14-23(35-2)27(37-4)24(15-20)36-3/h5-15H,16-18H2,1-4H3,(H,29,34). The number of benzene rings is 3. The first-order chi connectivity index (χ1) is 17.9. The fourth-order valence-electron chi connectivity index (χ4n) is 4.11. The van der Waals surface area contributed by atoms with Crippen LogP contribution in [0.3, 0.4) is 0 Å². The topological polar surface area (TPSA) is 94.9 Å². The lowest BCUT2D eigenvalue weighted by Crippen LogP contribution is -2.31. The summed E-state index contributed by atoms with van der Waals surface area (Å²) in [6.45, 7) is 0.721. The summed E-state index contributed by atoms with van der Waals surface area (Å²) < 4.78 is 17.9. The molecule has 0 saturated carbocycles. The molecule has 0 radical (unpaired) electrons. The van der Waals surface area contributed by atoms with E-state index in [2.05, 4.69) is 10.3 Å². The quantitative estimate of drug-likeness (QED) is 0.356. The van der Waals surface area contributed by atoms with E-state index in [1.807, 2.05) is 59.2 Å². The molecule has 1 heterocycles. The van der Waals surface area contributed by atoms with E-state index in [4.69, 9.17) is 14.2 Å². The highest BCUT2D eigenvalue weighted by Crippen LogP contribution is 2.38. The first kappa shape index (κ1) is 25.6. The summed E-state index contributed by atoms with van der Waals surface area (Å²) in [5.74, 6) is 1.33. The summed E-state index contributed by atoms with van der Waals surface area (Å²) in [4.78, 5) is 32.5. The van der Waals surface area contributed by atoms with Gasteiger partial charge in [-0.15, -0.1) is 0 Å². The number of fused-ring (bicyclic) bond motifs is 1. The van der Waals surface area contributed by atoms with Crippen LogP contribution in [-0.2, 0) is 24.4 Å². The fourth-order valence-corrected chi connectivity index (χ4v) is 4.11. The van der Waals surface area contributed by atoms with Gasteiger partial charge in [0.25, 0.3) is 5.91 Å². The summed E-state index contributed by atoms with van der Waals surface area (Å²) >= 11 is 0. The van der Waals surface area contributed by atoms with Gasteiger partial charge in [0.15, 0.2) is 11.5 Å². The number of ether oxygens (including phenoxy) is 3. The summed E-state index contributed by atoms with van der Waals surface area (Å²) in [6.07, 6.45) is 0. The summed E-state index contributed by atoms with van der Waals surface area (Å²) in [6, 6.07) is 20.6. The van der Waals surface area contributed by atoms with Gasteiger partial charge in [-0.2, -0.15) is 0 Å². The Morgan fingerprint density at radius 3 is 2.22 bits per heavy atom. The van der Waals surface area contributed by atoms with Crippen molar-refractivity contribution in [2.75, 3.05) is 28.4 Å². The second kappa shape index (κ2) is 11.5. The zero-order chi connectivity index (χ0) is 26.4. The second-order valence-electron chi connectivity index (χ2n) is 8.43. The number of imidazole rings is 1. The number of carbonyl (C=O) groups excluding carboxylic acids is 2. The molecule has 9 nitrogen and oxygen atoms in total. The number of likely N-dealkylation sites (N-methyl/N-ethyl adjacent to an activating group) is 1. The average Bonchev–Trinajstić information content (AvgIpc) is 3.28. The van der Waals surface area contributed by atoms with Crippen LogP contribution in [0, 0.1) is 0 Å². The second-order valence-corrected chi connectivity index (χ2v) is 8.43. The van der Waals surface area contributed by atoms with Gasteiger partial charge in [-0.25, -0.2) is 4.98 Å². The van der Waals surface area contributed by atoms with Gasteiger partial charge in [-0.05, 0) is 29.8 Å². The number of aromatic nitrogens is 2. The number of nitrogens with zero attached hydrogens (tertiary/aromatic N) is 3. The van der Waals surface area contributed by atoms with E-state index in [1.165, 1.54) is 21.3 Å². The highest BCUT2D eigenvalue weighted by molar-refractivity contribution is 5.95. The van der Waals surface area contributed by atoms with Crippen LogP contribution in [0.25, 0.3) is 11.0 Å². The van der Waals surface area contributed by atoms with Crippen molar-refractivity contribution < 1.29 is 23.8 Å². The Hall–Kier alpha value is -4.53. The zero-order valence-corrected chi connectivity index (χ0v) is 21.4. The fraction of sp³-hybridized carbons (Fsp3) is 0.250. The Bertz CT molecular complexity index is 1380. The molecule has 1 N–H and O–H groups in total. The number of carbonyl (C=O) groups is 2. The lowest BCUT2D eigenvalue weighted by Gasteiger charge is -2.19. The molecule has 0 aliphatic rings. The van der Waals surface area contributed by atoms with Crippen LogP contribution in [0.1, 0.15) is 21.7 Å². The van der Waals surface area contributed by atoms with Gasteiger partial charge in [-0.1, -0.05) is 42.5 Å². The molecule has 9 heteroatoms. The SMILES string of the molecule is COc1cc(C(=O)NCc2nc3ccccc3n2CC(=O)N(C)Cc2ccccc2)cc(OC)c1OC. The number of rotatable bonds is 10. The lowest BCUT2D eigenvalue weighted by molar-refractivity contribution is -0.131. The third kappa shape index (κ3) is 5.66. The molecule has 4 aromatic rings. The van der Waals surface area contributed by atoms with E-state index in [0.29, 0.717) is 35.2 Å². The van der Waals surface area contributed by atoms with Gasteiger partial charge < -0.3 is 29.0 Å². The Kier molecular flexibility index (Phi) is 7.92. The smallest absolute Gasteiger partial charge is 0.251 e. The molecule has 0 aliphatic heterocycles. The normalized spacial score (nSPS) is 10.7. The largest absolute Gasteiger partial charge is 0.493 e. The molecule has 0 aliphatic carbocycles. The predicted octanol–water partition coefficient (Wildman–Crippen LogP) is 3.65. The summed E-state index contributed by atoms with van der Waals surface area (Å²) in [7, 11) is 6.27. The van der Waals surface area contributed by atoms with Crippen LogP contribution in [0.4, 0.5) is 0 Å². The maximum atomic E-state index is 13.1. The highest BCUT2D eigenvalue weighted by Gasteiger charge is 2.19. The number of amides is 2. The number of methoxy groups -OCH3 is 3. The van der Waals surface area contributed by atoms with E-state index >= 15 is 0 Å². The molecule has 37 heavy (non-hydrogen) atoms. The predicted molar refractivity (Wildman–Crippen MR) is 140 cm³/mol. The Labute approximate surface area is 215 Å². The van der Waals surface area contributed by atoms with Crippen LogP contribution in [0.5, 0.6) is 17.2 Å². The molecule has 0 saturated heterocycles. The third-order valence-electron chi connectivity index (χ3n) is 6.05. The van der Waals surface area contributed by atoms with Crippen molar-refractivity contribution in [1.82, 2.24) is 19.8 Å². The molecule has 2 amide bonds. The molecule has 0 bridgehead atoms. The third-order valence-corrected chi connectivity index (χ3v) is 6.05. The van der Waals surface area contributed by atoms with E-state index in [0.717, 1.165) is 16.6 Å². The molecule has 1 aromatic heterocycles. The molecular weight excluding hydrogens is 472 g/mol. The van der Waals surface area contributed by atoms with E-state index in [1.54, 1.807) is 24.1 Å². The van der Waals surface area contributed by atoms with Gasteiger partial charge in [0, 0.05) is 19.2 Å². The molecule has 0 atom stereocenters. The molecule has 0 spiro atoms. The average molecular weight is 503 g/mol. The highest BCUT2D eigenvalue weighted by atomic mass is 16.5. The number of nitrogens with one attached hydrogen (secondary N) is 1. The van der Waals surface area contributed by atoms with E-state index < -0.39 is 0 Å². The summed E-state index contributed by atoms with van der Waals surface area (Å²) in [5, 5.41) is 2.90. The van der Waals surface area contributed by atoms with Gasteiger partial charge in [0.2, 0.25) is 11.7 Å².